The van der Waals surface area contributed by atoms with E-state index in [1.807, 2.05) is 0 Å². The Morgan fingerprint density at radius 1 is 0.364 bits per heavy atom. The zero-order valence-corrected chi connectivity index (χ0v) is 17.1. The number of rotatable bonds is 18. The van der Waals surface area contributed by atoms with Crippen molar-refractivity contribution in [1.82, 2.24) is 0 Å². The van der Waals surface area contributed by atoms with Gasteiger partial charge in [-0.25, -0.2) is 0 Å². The predicted octanol–water partition coefficient (Wildman–Crippen LogP) is 8.38. The maximum Gasteiger partial charge on any atom is -0.0326 e. The molecule has 0 aliphatic heterocycles. The fourth-order valence-electron chi connectivity index (χ4n) is 3.15. The van der Waals surface area contributed by atoms with Crippen molar-refractivity contribution in [3.8, 4) is 0 Å². The molecule has 0 aromatic carbocycles. The Bertz CT molecular complexity index is 178. The molecule has 0 unspecified atom stereocenters. The topological polar surface area (TPSA) is 0 Å². The molecule has 0 heterocycles. The second kappa shape index (κ2) is 19.5. The van der Waals surface area contributed by atoms with E-state index < -0.39 is 0 Å². The van der Waals surface area contributed by atoms with Gasteiger partial charge in [0.2, 0.25) is 0 Å². The number of hydrogen-bond acceptors (Lipinski definition) is 0. The van der Waals surface area contributed by atoms with Gasteiger partial charge in [-0.1, -0.05) is 97.8 Å². The second-order valence-corrected chi connectivity index (χ2v) is 9.77. The lowest BCUT2D eigenvalue weighted by Gasteiger charge is -2.18. The van der Waals surface area contributed by atoms with Gasteiger partial charge < -0.3 is 0 Å². The van der Waals surface area contributed by atoms with Crippen LogP contribution in [0.15, 0.2) is 0 Å². The lowest BCUT2D eigenvalue weighted by atomic mass is 10.1. The first-order chi connectivity index (χ1) is 10.8. The van der Waals surface area contributed by atoms with Crippen molar-refractivity contribution in [2.24, 2.45) is 0 Å². The molecule has 22 heavy (non-hydrogen) atoms. The van der Waals surface area contributed by atoms with E-state index in [1.54, 1.807) is 18.5 Å². The third-order valence-corrected chi connectivity index (χ3v) is 7.58. The lowest BCUT2D eigenvalue weighted by Crippen LogP contribution is -1.97. The molecule has 1 heteroatoms. The third-order valence-electron chi connectivity index (χ3n) is 4.73. The van der Waals surface area contributed by atoms with Crippen molar-refractivity contribution in [1.29, 1.82) is 0 Å². The molecule has 134 valence electrons. The van der Waals surface area contributed by atoms with Crippen molar-refractivity contribution < 1.29 is 0 Å². The van der Waals surface area contributed by atoms with Crippen LogP contribution in [0.4, 0.5) is 0 Å². The van der Waals surface area contributed by atoms with Gasteiger partial charge in [-0.05, 0) is 37.7 Å². The molecule has 0 aliphatic rings. The van der Waals surface area contributed by atoms with Gasteiger partial charge in [-0.3, -0.25) is 0 Å². The fraction of sp³-hybridized carbons (Fsp3) is 1.00. The van der Waals surface area contributed by atoms with E-state index in [2.05, 4.69) is 20.8 Å². The van der Waals surface area contributed by atoms with E-state index in [0.29, 0.717) is 7.92 Å². The monoisotopic (exact) mass is 328 g/mol. The highest BCUT2D eigenvalue weighted by Gasteiger charge is 2.07. The van der Waals surface area contributed by atoms with Crippen molar-refractivity contribution in [2.45, 2.75) is 117 Å². The highest BCUT2D eigenvalue weighted by atomic mass is 31.1. The van der Waals surface area contributed by atoms with Crippen LogP contribution in [-0.2, 0) is 0 Å². The maximum absolute atomic E-state index is 2.33. The highest BCUT2D eigenvalue weighted by molar-refractivity contribution is 7.57. The van der Waals surface area contributed by atoms with Crippen LogP contribution in [0.1, 0.15) is 117 Å². The van der Waals surface area contributed by atoms with Gasteiger partial charge in [0.25, 0.3) is 0 Å². The molecule has 0 aromatic heterocycles. The lowest BCUT2D eigenvalue weighted by molar-refractivity contribution is 0.602. The zero-order valence-electron chi connectivity index (χ0n) is 16.2. The molecule has 0 bridgehead atoms. The Balaban J connectivity index is 3.66. The molecule has 0 fully saturated rings. The molecule has 0 saturated heterocycles. The van der Waals surface area contributed by atoms with Crippen LogP contribution < -0.4 is 0 Å². The molecular weight excluding hydrogens is 283 g/mol. The van der Waals surface area contributed by atoms with Gasteiger partial charge in [-0.15, -0.1) is 7.92 Å². The van der Waals surface area contributed by atoms with Crippen molar-refractivity contribution >= 4 is 7.92 Å². The molecule has 0 spiro atoms. The molecule has 0 aromatic rings. The summed E-state index contributed by atoms with van der Waals surface area (Å²) in [5.41, 5.74) is 0. The SMILES string of the molecule is CCCCCCCCCP(CCCCCC)CCCCCC. The summed E-state index contributed by atoms with van der Waals surface area (Å²) in [6.07, 6.45) is 26.7. The summed E-state index contributed by atoms with van der Waals surface area (Å²) in [6.45, 7) is 6.96. The fourth-order valence-corrected chi connectivity index (χ4v) is 5.84. The van der Waals surface area contributed by atoms with Crippen LogP contribution in [0.3, 0.4) is 0 Å². The Morgan fingerprint density at radius 2 is 0.636 bits per heavy atom. The largest absolute Gasteiger partial charge is 0.107 e. The van der Waals surface area contributed by atoms with E-state index >= 15 is 0 Å². The maximum atomic E-state index is 2.33. The normalized spacial score (nSPS) is 11.5. The van der Waals surface area contributed by atoms with Gasteiger partial charge in [0.1, 0.15) is 0 Å². The van der Waals surface area contributed by atoms with Crippen molar-refractivity contribution in [3.05, 3.63) is 0 Å². The van der Waals surface area contributed by atoms with Crippen LogP contribution >= 0.6 is 7.92 Å². The summed E-state index contributed by atoms with van der Waals surface area (Å²) in [6, 6.07) is 0. The first-order valence-electron chi connectivity index (χ1n) is 10.6. The minimum atomic E-state index is 0.379. The number of hydrogen-bond donors (Lipinski definition) is 0. The van der Waals surface area contributed by atoms with Gasteiger partial charge in [-0.2, -0.15) is 0 Å². The van der Waals surface area contributed by atoms with Gasteiger partial charge in [0.05, 0.1) is 0 Å². The quantitative estimate of drug-likeness (QED) is 0.175. The first-order valence-corrected chi connectivity index (χ1v) is 12.5. The molecular formula is C21H45P. The van der Waals surface area contributed by atoms with Crippen molar-refractivity contribution in [3.63, 3.8) is 0 Å². The molecule has 0 amide bonds. The van der Waals surface area contributed by atoms with Crippen LogP contribution in [0, 0.1) is 0 Å². The minimum absolute atomic E-state index is 0.379. The Kier molecular flexibility index (Phi) is 19.9. The molecule has 0 aliphatic carbocycles. The third kappa shape index (κ3) is 16.8. The molecule has 0 nitrogen and oxygen atoms in total. The summed E-state index contributed by atoms with van der Waals surface area (Å²) in [7, 11) is 0.379. The van der Waals surface area contributed by atoms with Crippen LogP contribution in [0.2, 0.25) is 0 Å². The summed E-state index contributed by atoms with van der Waals surface area (Å²) < 4.78 is 0. The van der Waals surface area contributed by atoms with E-state index in [1.165, 1.54) is 96.3 Å². The Morgan fingerprint density at radius 3 is 1.00 bits per heavy atom. The molecule has 0 saturated carbocycles. The van der Waals surface area contributed by atoms with Gasteiger partial charge in [0.15, 0.2) is 0 Å². The Hall–Kier alpha value is 0.430. The molecule has 0 rings (SSSR count). The van der Waals surface area contributed by atoms with Crippen molar-refractivity contribution in [2.75, 3.05) is 18.5 Å². The van der Waals surface area contributed by atoms with Crippen LogP contribution in [-0.4, -0.2) is 18.5 Å². The second-order valence-electron chi connectivity index (χ2n) is 7.08. The minimum Gasteiger partial charge on any atom is -0.107 e. The average molecular weight is 329 g/mol. The van der Waals surface area contributed by atoms with E-state index in [9.17, 15) is 0 Å². The Labute approximate surface area is 144 Å². The van der Waals surface area contributed by atoms with E-state index in [4.69, 9.17) is 0 Å². The van der Waals surface area contributed by atoms with Crippen LogP contribution in [0.25, 0.3) is 0 Å². The zero-order chi connectivity index (χ0) is 16.3. The predicted molar refractivity (Wildman–Crippen MR) is 108 cm³/mol. The smallest absolute Gasteiger partial charge is 0.0326 e. The molecule has 0 radical (unpaired) electrons. The van der Waals surface area contributed by atoms with Crippen LogP contribution in [0.5, 0.6) is 0 Å². The summed E-state index contributed by atoms with van der Waals surface area (Å²) >= 11 is 0. The van der Waals surface area contributed by atoms with E-state index in [-0.39, 0.29) is 0 Å². The van der Waals surface area contributed by atoms with E-state index in [0.717, 1.165) is 0 Å². The van der Waals surface area contributed by atoms with Gasteiger partial charge in [0, 0.05) is 0 Å². The molecule has 0 N–H and O–H groups in total. The number of unbranched alkanes of at least 4 members (excludes halogenated alkanes) is 12. The molecule has 0 atom stereocenters. The average Bonchev–Trinajstić information content (AvgIpc) is 2.53. The summed E-state index contributed by atoms with van der Waals surface area (Å²) in [5.74, 6) is 0. The highest BCUT2D eigenvalue weighted by Crippen LogP contribution is 2.39. The van der Waals surface area contributed by atoms with Gasteiger partial charge >= 0.3 is 0 Å². The first kappa shape index (κ1) is 22.4. The summed E-state index contributed by atoms with van der Waals surface area (Å²) in [5, 5.41) is 0. The summed E-state index contributed by atoms with van der Waals surface area (Å²) in [4.78, 5) is 0. The standard InChI is InChI=1S/C21H45P/c1-4-7-10-13-14-15-18-21-22(19-16-11-8-5-2)20-17-12-9-6-3/h4-21H2,1-3H3.